The number of aryl methyl sites for hydroxylation is 9. The highest BCUT2D eigenvalue weighted by molar-refractivity contribution is 6.09. The van der Waals surface area contributed by atoms with Crippen molar-refractivity contribution in [1.29, 1.82) is 0 Å². The molecule has 0 saturated carbocycles. The first-order valence-corrected chi connectivity index (χ1v) is 42.0. The molecule has 42 heteroatoms. The number of halogens is 15. The first-order valence-electron chi connectivity index (χ1n) is 42.0. The molecule has 742 valence electrons. The zero-order chi connectivity index (χ0) is 104. The maximum absolute atomic E-state index is 14.8. The van der Waals surface area contributed by atoms with Gasteiger partial charge in [-0.1, -0.05) is 6.92 Å². The molecular weight excluding hydrogens is 1830 g/mol. The molecule has 27 nitrogen and oxygen atoms in total. The van der Waals surface area contributed by atoms with Gasteiger partial charge in [-0.15, -0.1) is 0 Å². The lowest BCUT2D eigenvalue weighted by Crippen LogP contribution is -2.52. The van der Waals surface area contributed by atoms with Gasteiger partial charge in [0.1, 0.15) is 34.8 Å². The van der Waals surface area contributed by atoms with Crippen molar-refractivity contribution in [1.82, 2.24) is 49.4 Å². The molecule has 0 radical (unpaired) electrons. The van der Waals surface area contributed by atoms with E-state index in [1.165, 1.54) is 199 Å². The van der Waals surface area contributed by atoms with E-state index >= 15 is 0 Å². The number of anilines is 5. The molecule has 137 heavy (non-hydrogen) atoms. The second kappa shape index (κ2) is 44.7. The smallest absolute Gasteiger partial charge is 0.364 e. The maximum atomic E-state index is 14.8. The number of benzene rings is 5. The van der Waals surface area contributed by atoms with E-state index in [9.17, 15) is 119 Å². The van der Waals surface area contributed by atoms with Crippen LogP contribution in [0.1, 0.15) is 196 Å². The van der Waals surface area contributed by atoms with Crippen LogP contribution in [0.15, 0.2) is 146 Å². The molecule has 0 aliphatic carbocycles. The zero-order valence-corrected chi connectivity index (χ0v) is 79.0. The molecular formula is C95H110F15N15O12. The molecule has 0 saturated heterocycles. The van der Waals surface area contributed by atoms with Crippen molar-refractivity contribution in [3.63, 3.8) is 0 Å². The van der Waals surface area contributed by atoms with Crippen LogP contribution in [0.25, 0.3) is 0 Å². The van der Waals surface area contributed by atoms with Crippen molar-refractivity contribution in [3.8, 4) is 0 Å². The highest BCUT2D eigenvalue weighted by atomic mass is 19.3. The Hall–Kier alpha value is -13.9. The number of alkyl halides is 10. The Morgan fingerprint density at radius 2 is 0.620 bits per heavy atom. The molecule has 12 N–H and O–H groups in total. The number of amides is 10. The van der Waals surface area contributed by atoms with Crippen molar-refractivity contribution in [2.45, 2.75) is 182 Å². The van der Waals surface area contributed by atoms with Gasteiger partial charge in [0.2, 0.25) is 0 Å². The second-order valence-corrected chi connectivity index (χ2v) is 35.0. The first kappa shape index (κ1) is 112. The number of hydrogen-bond acceptors (Lipinski definition) is 12. The normalized spacial score (nSPS) is 12.0. The van der Waals surface area contributed by atoms with E-state index in [0.717, 1.165) is 53.2 Å². The van der Waals surface area contributed by atoms with E-state index in [0.29, 0.717) is 51.4 Å². The van der Waals surface area contributed by atoms with E-state index in [1.54, 1.807) is 69.2 Å². The largest absolute Gasteiger partial charge is 0.394 e. The Kier molecular flexibility index (Phi) is 36.5. The lowest BCUT2D eigenvalue weighted by Gasteiger charge is -2.27. The number of aromatic nitrogens is 5. The third kappa shape index (κ3) is 28.8. The van der Waals surface area contributed by atoms with E-state index in [2.05, 4.69) is 53.2 Å². The van der Waals surface area contributed by atoms with E-state index < -0.39 is 194 Å². The monoisotopic (exact) mass is 1940 g/mol. The van der Waals surface area contributed by atoms with Crippen molar-refractivity contribution in [3.05, 3.63) is 265 Å². The average Bonchev–Trinajstić information content (AvgIpc) is 1.63. The molecule has 0 bridgehead atoms. The lowest BCUT2D eigenvalue weighted by molar-refractivity contribution is -0.150. The number of aliphatic hydroxyl groups excluding tert-OH is 2. The number of aliphatic hydroxyl groups is 2. The van der Waals surface area contributed by atoms with Crippen LogP contribution in [0.5, 0.6) is 0 Å². The minimum absolute atomic E-state index is 0.00251. The van der Waals surface area contributed by atoms with Crippen LogP contribution in [0, 0.1) is 70.6 Å². The van der Waals surface area contributed by atoms with Crippen LogP contribution in [0.2, 0.25) is 0 Å². The summed E-state index contributed by atoms with van der Waals surface area (Å²) >= 11 is 0. The predicted octanol–water partition coefficient (Wildman–Crippen LogP) is 16.5. The lowest BCUT2D eigenvalue weighted by atomic mass is 10.0. The van der Waals surface area contributed by atoms with Crippen molar-refractivity contribution < 1.29 is 124 Å². The molecule has 5 aromatic heterocycles. The molecule has 10 amide bonds. The quantitative estimate of drug-likeness (QED) is 0.0214. The van der Waals surface area contributed by atoms with Crippen LogP contribution >= 0.6 is 0 Å². The van der Waals surface area contributed by atoms with E-state index in [1.807, 2.05) is 0 Å². The Morgan fingerprint density at radius 3 is 0.912 bits per heavy atom. The second-order valence-electron chi connectivity index (χ2n) is 35.0. The van der Waals surface area contributed by atoms with Gasteiger partial charge in [-0.3, -0.25) is 47.9 Å². The van der Waals surface area contributed by atoms with Gasteiger partial charge in [-0.05, 0) is 266 Å². The van der Waals surface area contributed by atoms with Crippen molar-refractivity contribution >= 4 is 87.5 Å². The maximum Gasteiger partial charge on any atom is 0.364 e. The fraction of sp³-hybridized carbons (Fsp3) is 0.368. The first-order chi connectivity index (χ1) is 63.1. The number of carbonyl (C=O) groups excluding carboxylic acids is 10. The van der Waals surface area contributed by atoms with Gasteiger partial charge in [0.15, 0.2) is 0 Å². The molecule has 0 aliphatic rings. The number of nitrogens with one attached hydrogen (secondary N) is 10. The van der Waals surface area contributed by atoms with Gasteiger partial charge in [0.05, 0.1) is 74.9 Å². The Labute approximate surface area is 780 Å². The Balaban J connectivity index is 0.000000263. The van der Waals surface area contributed by atoms with Gasteiger partial charge in [0, 0.05) is 112 Å². The topological polar surface area (TPSA) is 356 Å². The van der Waals surface area contributed by atoms with Crippen LogP contribution < -0.4 is 53.2 Å². The summed E-state index contributed by atoms with van der Waals surface area (Å²) in [7, 11) is 6.59. The molecule has 5 heterocycles. The van der Waals surface area contributed by atoms with Gasteiger partial charge in [-0.25, -0.2) is 22.0 Å². The minimum Gasteiger partial charge on any atom is -0.394 e. The van der Waals surface area contributed by atoms with Gasteiger partial charge < -0.3 is 86.2 Å². The summed E-state index contributed by atoms with van der Waals surface area (Å²) in [6.07, 6.45) is 5.33. The molecule has 10 aromatic rings. The highest BCUT2D eigenvalue weighted by Crippen LogP contribution is 2.38. The Bertz CT molecular complexity index is 6140. The van der Waals surface area contributed by atoms with E-state index in [-0.39, 0.29) is 39.2 Å². The molecule has 5 aromatic carbocycles. The summed E-state index contributed by atoms with van der Waals surface area (Å²) in [6.45, 7) is 25.0. The molecule has 1 atom stereocenters. The summed E-state index contributed by atoms with van der Waals surface area (Å²) in [5.74, 6) is -32.5. The van der Waals surface area contributed by atoms with Crippen LogP contribution in [-0.2, 0) is 88.8 Å². The molecule has 0 unspecified atom stereocenters. The van der Waals surface area contributed by atoms with Crippen LogP contribution in [-0.4, -0.2) is 134 Å². The number of rotatable bonds is 27. The fourth-order valence-corrected chi connectivity index (χ4v) is 12.6. The highest BCUT2D eigenvalue weighted by Gasteiger charge is 2.51. The number of carbonyl (C=O) groups is 10. The molecule has 10 rings (SSSR count). The summed E-state index contributed by atoms with van der Waals surface area (Å²) in [6, 6.07) is 24.0. The van der Waals surface area contributed by atoms with Gasteiger partial charge >= 0.3 is 29.6 Å². The van der Waals surface area contributed by atoms with Crippen molar-refractivity contribution in [2.75, 3.05) is 39.8 Å². The summed E-state index contributed by atoms with van der Waals surface area (Å²) in [4.78, 5) is 122. The number of hydrogen-bond donors (Lipinski definition) is 12. The molecule has 0 fully saturated rings. The fourth-order valence-electron chi connectivity index (χ4n) is 12.6. The minimum atomic E-state index is -4.03. The van der Waals surface area contributed by atoms with Gasteiger partial charge in [0.25, 0.3) is 59.1 Å². The summed E-state index contributed by atoms with van der Waals surface area (Å²) in [5.41, 5.74) is -3.70. The zero-order valence-electron chi connectivity index (χ0n) is 79.0. The summed E-state index contributed by atoms with van der Waals surface area (Å²) < 4.78 is 218. The van der Waals surface area contributed by atoms with Crippen LogP contribution in [0.4, 0.5) is 94.3 Å². The van der Waals surface area contributed by atoms with Gasteiger partial charge in [-0.2, -0.15) is 43.9 Å². The molecule has 0 aliphatic heterocycles. The SMILES string of the molecule is CC[C@H](C)NC(=O)C(F)(F)c1cc(C(=O)Nc2ccc(F)c(C)c2)cn1C.Cc1cc(NC(=O)c2cc(C(F)(F)C(=O)NC(C)(C)C)n(C)c2C)ccc1F.Cc1cc(NC(=O)c2cc(C(F)(F)C(=O)NC(C)(C)CO)n(C)c2)ccc1F.Cc1cc(NC(=O)c2cc(C(F)(F)C(=O)NC(C)C)n(C)c2)ccc1F.Cc1cc(NC(=O)c2ccn(C)c2C(F)(F)C(=O)NC(C)(C)CO)ccc1F. The third-order valence-corrected chi connectivity index (χ3v) is 20.6. The van der Waals surface area contributed by atoms with Crippen molar-refractivity contribution in [2.24, 2.45) is 35.2 Å². The Morgan fingerprint density at radius 1 is 0.343 bits per heavy atom. The van der Waals surface area contributed by atoms with Crippen LogP contribution in [0.3, 0.4) is 0 Å². The number of nitrogens with zero attached hydrogens (tertiary/aromatic N) is 5. The average molecular weight is 1940 g/mol. The van der Waals surface area contributed by atoms with E-state index in [4.69, 9.17) is 5.11 Å². The summed E-state index contributed by atoms with van der Waals surface area (Å²) in [5, 5.41) is 41.7. The molecule has 0 spiro atoms. The predicted molar refractivity (Wildman–Crippen MR) is 484 cm³/mol. The third-order valence-electron chi connectivity index (χ3n) is 20.6. The standard InChI is InChI=1S/C20H24F3N3O2.2C19H22F3N3O3.C19H22F3N3O2.C18H20F3N3O2/c1-11-9-13(7-8-15(11)21)24-17(27)14-10-16(26(6)12(14)2)20(22,23)18(28)25-19(3,4)5;1-11-7-13(5-6-14(11)20)23-16(27)12-8-15(25(4)9-12)19(21,22)17(28)24-18(2,3)10-26;1-11-9-12(5-6-14(11)20)23-16(27)13-7-8-25(4)15(13)19(21,22)17(28)24-18(2,3)10-26;1-5-12(3)23-18(27)19(21,22)16-9-13(10-25(16)4)17(26)24-14-6-7-15(20)11(2)8-14;1-10(2)22-17(26)18(20,21)15-8-12(9-24(15)4)16(25)23-13-5-6-14(19)11(3)7-13/h7-10H,1-6H3,(H,24,27)(H,25,28);2*5-9,26H,10H2,1-4H3,(H,23,27)(H,24,28);6-10,12H,5H2,1-4H3,(H,23,27)(H,24,26);5-10H,1-4H3,(H,22,26)(H,23,25)/t;;;12-;/m...0./s1.